The lowest BCUT2D eigenvalue weighted by atomic mass is 9.98. The molecule has 0 radical (unpaired) electrons. The van der Waals surface area contributed by atoms with E-state index < -0.39 is 0 Å². The Morgan fingerprint density at radius 3 is 2.51 bits per heavy atom. The van der Waals surface area contributed by atoms with Gasteiger partial charge in [-0.25, -0.2) is 4.98 Å². The van der Waals surface area contributed by atoms with E-state index in [2.05, 4.69) is 37.7 Å². The second kappa shape index (κ2) is 11.7. The third-order valence-electron chi connectivity index (χ3n) is 5.37. The Morgan fingerprint density at radius 2 is 1.80 bits per heavy atom. The zero-order valence-electron chi connectivity index (χ0n) is 19.8. The van der Waals surface area contributed by atoms with E-state index in [-0.39, 0.29) is 12.5 Å². The van der Waals surface area contributed by atoms with Crippen LogP contribution in [0, 0.1) is 0 Å². The number of nitrogens with zero attached hydrogens (tertiary/aromatic N) is 3. The van der Waals surface area contributed by atoms with Crippen LogP contribution in [-0.2, 0) is 11.2 Å². The van der Waals surface area contributed by atoms with Gasteiger partial charge in [-0.15, -0.1) is 0 Å². The highest BCUT2D eigenvalue weighted by molar-refractivity contribution is 6.29. The predicted octanol–water partition coefficient (Wildman–Crippen LogP) is 4.76. The molecule has 8 nitrogen and oxygen atoms in total. The maximum atomic E-state index is 12.3. The van der Waals surface area contributed by atoms with Crippen molar-refractivity contribution in [3.63, 3.8) is 0 Å². The number of aryl methyl sites for hydroxylation is 1. The molecule has 9 heteroatoms. The minimum Gasteiger partial charge on any atom is -0.490 e. The summed E-state index contributed by atoms with van der Waals surface area (Å²) in [6.07, 6.45) is 4.98. The van der Waals surface area contributed by atoms with E-state index in [1.54, 1.807) is 6.20 Å². The average molecular weight is 494 g/mol. The van der Waals surface area contributed by atoms with Gasteiger partial charge in [0.2, 0.25) is 5.91 Å². The first-order chi connectivity index (χ1) is 17.1. The number of benzene rings is 2. The van der Waals surface area contributed by atoms with Gasteiger partial charge in [0.25, 0.3) is 0 Å². The van der Waals surface area contributed by atoms with Crippen LogP contribution in [0.1, 0.15) is 37.0 Å². The van der Waals surface area contributed by atoms with E-state index in [0.29, 0.717) is 41.4 Å². The van der Waals surface area contributed by atoms with Crippen molar-refractivity contribution in [3.05, 3.63) is 70.6 Å². The average Bonchev–Trinajstić information content (AvgIpc) is 3.01. The zero-order valence-corrected chi connectivity index (χ0v) is 20.6. The number of fused-ring (bicyclic) bond motifs is 1. The van der Waals surface area contributed by atoms with Crippen molar-refractivity contribution in [2.75, 3.05) is 36.9 Å². The van der Waals surface area contributed by atoms with E-state index >= 15 is 0 Å². The molecule has 35 heavy (non-hydrogen) atoms. The number of nitrogens with one attached hydrogen (secondary N) is 2. The number of ether oxygens (including phenoxy) is 2. The summed E-state index contributed by atoms with van der Waals surface area (Å²) < 4.78 is 11.5. The van der Waals surface area contributed by atoms with Crippen molar-refractivity contribution in [2.24, 2.45) is 4.99 Å². The fourth-order valence-electron chi connectivity index (χ4n) is 3.83. The van der Waals surface area contributed by atoms with E-state index in [1.165, 1.54) is 11.8 Å². The number of carbonyl (C=O) groups is 1. The third-order valence-corrected chi connectivity index (χ3v) is 5.56. The van der Waals surface area contributed by atoms with Crippen LogP contribution < -0.4 is 20.1 Å². The van der Waals surface area contributed by atoms with Crippen molar-refractivity contribution in [3.8, 4) is 11.5 Å². The number of rotatable bonds is 10. The van der Waals surface area contributed by atoms with Crippen LogP contribution in [0.2, 0.25) is 5.15 Å². The van der Waals surface area contributed by atoms with Gasteiger partial charge >= 0.3 is 0 Å². The molecule has 0 aliphatic carbocycles. The highest BCUT2D eigenvalue weighted by atomic mass is 35.5. The molecule has 1 amide bonds. The summed E-state index contributed by atoms with van der Waals surface area (Å²) in [5, 5.41) is 6.54. The van der Waals surface area contributed by atoms with Crippen molar-refractivity contribution < 1.29 is 14.3 Å². The molecule has 2 heterocycles. The van der Waals surface area contributed by atoms with Crippen LogP contribution in [0.15, 0.2) is 53.8 Å². The Morgan fingerprint density at radius 1 is 1.06 bits per heavy atom. The van der Waals surface area contributed by atoms with Crippen LogP contribution in [0.5, 0.6) is 11.5 Å². The monoisotopic (exact) mass is 493 g/mol. The topological polar surface area (TPSA) is 97.7 Å². The molecule has 2 N–H and O–H groups in total. The Hall–Kier alpha value is -3.65. The van der Waals surface area contributed by atoms with Crippen molar-refractivity contribution in [1.29, 1.82) is 0 Å². The molecule has 1 aliphatic rings. The molecule has 2 aromatic carbocycles. The summed E-state index contributed by atoms with van der Waals surface area (Å²) in [6, 6.07) is 12.0. The molecule has 1 aromatic heterocycles. The van der Waals surface area contributed by atoms with E-state index in [9.17, 15) is 4.79 Å². The normalized spacial score (nSPS) is 12.8. The number of hydrogen-bond acceptors (Lipinski definition) is 7. The van der Waals surface area contributed by atoms with Crippen LogP contribution in [-0.4, -0.2) is 47.9 Å². The molecule has 4 rings (SSSR count). The quantitative estimate of drug-likeness (QED) is 0.395. The molecule has 0 saturated heterocycles. The molecule has 0 unspecified atom stereocenters. The van der Waals surface area contributed by atoms with E-state index in [1.807, 2.05) is 38.1 Å². The van der Waals surface area contributed by atoms with Gasteiger partial charge in [0, 0.05) is 23.7 Å². The maximum absolute atomic E-state index is 12.3. The SMILES string of the molecule is CCOc1cc2c(cc1OCC)C(c1ccc(CCCNc3cncc(Cl)n3)cc1)=NCC(=O)N2. The Kier molecular flexibility index (Phi) is 8.15. The first-order valence-corrected chi connectivity index (χ1v) is 12.0. The van der Waals surface area contributed by atoms with Crippen molar-refractivity contribution >= 4 is 34.7 Å². The number of amides is 1. The first kappa shape index (κ1) is 24.5. The lowest BCUT2D eigenvalue weighted by Gasteiger charge is -2.17. The van der Waals surface area contributed by atoms with Gasteiger partial charge in [-0.2, -0.15) is 0 Å². The minimum atomic E-state index is -0.165. The summed E-state index contributed by atoms with van der Waals surface area (Å²) in [4.78, 5) is 25.1. The van der Waals surface area contributed by atoms with Crippen LogP contribution >= 0.6 is 11.6 Å². The molecule has 0 atom stereocenters. The van der Waals surface area contributed by atoms with E-state index in [4.69, 9.17) is 21.1 Å². The van der Waals surface area contributed by atoms with Gasteiger partial charge in [0.15, 0.2) is 11.5 Å². The zero-order chi connectivity index (χ0) is 24.6. The maximum Gasteiger partial charge on any atom is 0.246 e. The van der Waals surface area contributed by atoms with Gasteiger partial charge in [-0.1, -0.05) is 35.9 Å². The second-order valence-electron chi connectivity index (χ2n) is 7.88. The van der Waals surface area contributed by atoms with Crippen LogP contribution in [0.4, 0.5) is 11.5 Å². The Labute approximate surface area is 209 Å². The summed E-state index contributed by atoms with van der Waals surface area (Å²) in [6.45, 7) is 5.65. The number of benzodiazepines with no additional fused rings is 1. The molecular formula is C26H28ClN5O3. The number of aromatic nitrogens is 2. The highest BCUT2D eigenvalue weighted by Crippen LogP contribution is 2.36. The molecular weight excluding hydrogens is 466 g/mol. The molecule has 0 spiro atoms. The Bertz CT molecular complexity index is 1210. The van der Waals surface area contributed by atoms with Gasteiger partial charge in [-0.05, 0) is 38.3 Å². The second-order valence-corrected chi connectivity index (χ2v) is 8.27. The molecule has 0 fully saturated rings. The number of carbonyl (C=O) groups excluding carboxylic acids is 1. The summed E-state index contributed by atoms with van der Waals surface area (Å²) >= 11 is 5.87. The van der Waals surface area contributed by atoms with Gasteiger partial charge in [0.1, 0.15) is 17.5 Å². The number of hydrogen-bond donors (Lipinski definition) is 2. The largest absolute Gasteiger partial charge is 0.490 e. The summed E-state index contributed by atoms with van der Waals surface area (Å²) in [5.74, 6) is 1.73. The van der Waals surface area contributed by atoms with Gasteiger partial charge in [0.05, 0.1) is 37.0 Å². The Balaban J connectivity index is 1.49. The number of anilines is 2. The standard InChI is InChI=1S/C26H28ClN5O3/c1-3-34-21-12-19-20(13-22(21)35-4-2)31-25(33)16-30-26(19)18-9-7-17(8-10-18)6-5-11-29-24-15-28-14-23(27)32-24/h7-10,12-15H,3-6,11,16H2,1-2H3,(H,29,32)(H,31,33). The number of aliphatic imine (C=N–C) groups is 1. The summed E-state index contributed by atoms with van der Waals surface area (Å²) in [7, 11) is 0. The predicted molar refractivity (Wildman–Crippen MR) is 138 cm³/mol. The molecule has 1 aliphatic heterocycles. The lowest BCUT2D eigenvalue weighted by Crippen LogP contribution is -2.13. The third kappa shape index (κ3) is 6.27. The number of halogens is 1. The molecule has 0 saturated carbocycles. The van der Waals surface area contributed by atoms with Crippen molar-refractivity contribution in [2.45, 2.75) is 26.7 Å². The summed E-state index contributed by atoms with van der Waals surface area (Å²) in [5.41, 5.74) is 4.36. The van der Waals surface area contributed by atoms with Gasteiger partial charge in [-0.3, -0.25) is 14.8 Å². The smallest absolute Gasteiger partial charge is 0.246 e. The fourth-order valence-corrected chi connectivity index (χ4v) is 3.98. The van der Waals surface area contributed by atoms with Gasteiger partial charge < -0.3 is 20.1 Å². The van der Waals surface area contributed by atoms with Crippen LogP contribution in [0.3, 0.4) is 0 Å². The lowest BCUT2D eigenvalue weighted by molar-refractivity contribution is -0.114. The molecule has 3 aromatic rings. The first-order valence-electron chi connectivity index (χ1n) is 11.7. The molecule has 182 valence electrons. The highest BCUT2D eigenvalue weighted by Gasteiger charge is 2.21. The van der Waals surface area contributed by atoms with Crippen molar-refractivity contribution in [1.82, 2.24) is 9.97 Å². The minimum absolute atomic E-state index is 0.0533. The molecule has 0 bridgehead atoms. The fraction of sp³-hybridized carbons (Fsp3) is 0.308. The van der Waals surface area contributed by atoms with Crippen LogP contribution in [0.25, 0.3) is 0 Å². The van der Waals surface area contributed by atoms with E-state index in [0.717, 1.165) is 36.2 Å².